The molecule has 36 heavy (non-hydrogen) atoms. The zero-order valence-corrected chi connectivity index (χ0v) is 21.3. The first-order chi connectivity index (χ1) is 17.7. The molecule has 5 rings (SSSR count). The number of likely N-dealkylation sites (N-methyl/N-ethyl adjacent to an activating group) is 1. The Kier molecular flexibility index (Phi) is 8.14. The molecule has 2 saturated heterocycles. The first-order valence-electron chi connectivity index (χ1n) is 13.4. The van der Waals surface area contributed by atoms with Crippen molar-refractivity contribution < 1.29 is 9.53 Å². The van der Waals surface area contributed by atoms with E-state index in [-0.39, 0.29) is 17.7 Å². The molecule has 0 spiro atoms. The predicted molar refractivity (Wildman–Crippen MR) is 144 cm³/mol. The van der Waals surface area contributed by atoms with Crippen LogP contribution in [0.2, 0.25) is 0 Å². The molecule has 2 aliphatic heterocycles. The van der Waals surface area contributed by atoms with Crippen molar-refractivity contribution in [2.45, 2.75) is 38.8 Å². The second-order valence-corrected chi connectivity index (χ2v) is 10.3. The van der Waals surface area contributed by atoms with Gasteiger partial charge in [-0.05, 0) is 66.9 Å². The van der Waals surface area contributed by atoms with Gasteiger partial charge in [0.1, 0.15) is 5.75 Å². The Morgan fingerprint density at radius 2 is 2.00 bits per heavy atom. The first kappa shape index (κ1) is 24.7. The smallest absolute Gasteiger partial charge is 0.224 e. The van der Waals surface area contributed by atoms with E-state index in [0.717, 1.165) is 51.4 Å². The van der Waals surface area contributed by atoms with E-state index >= 15 is 0 Å². The number of rotatable bonds is 9. The molecule has 1 unspecified atom stereocenters. The van der Waals surface area contributed by atoms with Crippen LogP contribution >= 0.6 is 0 Å². The van der Waals surface area contributed by atoms with Gasteiger partial charge in [-0.15, -0.1) is 0 Å². The first-order valence-corrected chi connectivity index (χ1v) is 13.4. The number of benzene rings is 2. The van der Waals surface area contributed by atoms with E-state index in [9.17, 15) is 4.79 Å². The largest absolute Gasteiger partial charge is 0.492 e. The number of hydrogen-bond acceptors (Lipinski definition) is 5. The summed E-state index contributed by atoms with van der Waals surface area (Å²) in [5.74, 6) is 1.23. The van der Waals surface area contributed by atoms with Crippen molar-refractivity contribution in [2.24, 2.45) is 11.8 Å². The van der Waals surface area contributed by atoms with E-state index in [1.807, 2.05) is 12.1 Å². The maximum Gasteiger partial charge on any atom is 0.224 e. The Balaban J connectivity index is 1.25. The van der Waals surface area contributed by atoms with Crippen LogP contribution in [0.3, 0.4) is 0 Å². The fraction of sp³-hybridized carbons (Fsp3) is 0.467. The molecule has 3 atom stereocenters. The molecule has 6 heteroatoms. The number of pyridine rings is 1. The fourth-order valence-electron chi connectivity index (χ4n) is 5.89. The van der Waals surface area contributed by atoms with Gasteiger partial charge in [-0.3, -0.25) is 19.6 Å². The molecule has 1 amide bonds. The van der Waals surface area contributed by atoms with Gasteiger partial charge in [-0.1, -0.05) is 43.3 Å². The standard InChI is InChI=1S/C30H38N4O2/c1-2-34-14-6-9-28(34)17-32-30(35)27-16-24(22-36-29-10-5-13-31-18-29)20-33(21-27)19-23-11-12-25-7-3-4-8-26(25)15-23/h3-5,7-8,10-13,15,18,24,27-28H,2,6,9,14,16-17,19-22H2,1H3,(H,32,35)/t24-,27+,28?/m0/s1. The highest BCUT2D eigenvalue weighted by Crippen LogP contribution is 2.26. The number of piperidine rings is 1. The number of ether oxygens (including phenoxy) is 1. The summed E-state index contributed by atoms with van der Waals surface area (Å²) in [6, 6.07) is 19.5. The average Bonchev–Trinajstić information content (AvgIpc) is 3.38. The minimum atomic E-state index is -0.0295. The molecule has 6 nitrogen and oxygen atoms in total. The van der Waals surface area contributed by atoms with Crippen LogP contribution in [0.25, 0.3) is 10.8 Å². The number of carbonyl (C=O) groups excluding carboxylic acids is 1. The van der Waals surface area contributed by atoms with Crippen molar-refractivity contribution >= 4 is 16.7 Å². The Morgan fingerprint density at radius 1 is 1.11 bits per heavy atom. The molecule has 3 heterocycles. The maximum atomic E-state index is 13.3. The molecule has 0 saturated carbocycles. The van der Waals surface area contributed by atoms with Crippen molar-refractivity contribution in [1.82, 2.24) is 20.1 Å². The Labute approximate surface area is 214 Å². The highest BCUT2D eigenvalue weighted by atomic mass is 16.5. The minimum absolute atomic E-state index is 0.0295. The molecule has 0 radical (unpaired) electrons. The Bertz CT molecular complexity index is 1140. The second kappa shape index (κ2) is 11.8. The molecule has 0 bridgehead atoms. The summed E-state index contributed by atoms with van der Waals surface area (Å²) >= 11 is 0. The van der Waals surface area contributed by atoms with Gasteiger partial charge in [0.15, 0.2) is 0 Å². The summed E-state index contributed by atoms with van der Waals surface area (Å²) in [6.07, 6.45) is 6.76. The monoisotopic (exact) mass is 486 g/mol. The normalized spacial score (nSPS) is 23.1. The van der Waals surface area contributed by atoms with Crippen LogP contribution in [0.4, 0.5) is 0 Å². The number of aromatic nitrogens is 1. The maximum absolute atomic E-state index is 13.3. The molecule has 0 aliphatic carbocycles. The lowest BCUT2D eigenvalue weighted by molar-refractivity contribution is -0.128. The van der Waals surface area contributed by atoms with E-state index in [1.54, 1.807) is 12.4 Å². The van der Waals surface area contributed by atoms with Crippen LogP contribution in [0, 0.1) is 11.8 Å². The van der Waals surface area contributed by atoms with E-state index in [2.05, 4.69) is 69.5 Å². The molecule has 2 aliphatic rings. The summed E-state index contributed by atoms with van der Waals surface area (Å²) in [4.78, 5) is 22.4. The number of amides is 1. The van der Waals surface area contributed by atoms with Crippen LogP contribution in [-0.4, -0.2) is 66.1 Å². The quantitative estimate of drug-likeness (QED) is 0.487. The van der Waals surface area contributed by atoms with Gasteiger partial charge in [0, 0.05) is 44.3 Å². The van der Waals surface area contributed by atoms with Crippen molar-refractivity contribution in [3.8, 4) is 5.75 Å². The highest BCUT2D eigenvalue weighted by molar-refractivity contribution is 5.83. The van der Waals surface area contributed by atoms with Gasteiger partial charge in [-0.2, -0.15) is 0 Å². The number of fused-ring (bicyclic) bond motifs is 1. The van der Waals surface area contributed by atoms with Gasteiger partial charge in [0.05, 0.1) is 18.7 Å². The SMILES string of the molecule is CCN1CCCC1CNC(=O)[C@@H]1C[C@H](COc2cccnc2)CN(Cc2ccc3ccccc3c2)C1. The molecule has 1 aromatic heterocycles. The number of hydrogen-bond donors (Lipinski definition) is 1. The summed E-state index contributed by atoms with van der Waals surface area (Å²) in [5.41, 5.74) is 1.28. The molecule has 3 aromatic rings. The second-order valence-electron chi connectivity index (χ2n) is 10.3. The third kappa shape index (κ3) is 6.23. The van der Waals surface area contributed by atoms with Crippen LogP contribution < -0.4 is 10.1 Å². The van der Waals surface area contributed by atoms with E-state index in [1.165, 1.54) is 29.2 Å². The van der Waals surface area contributed by atoms with E-state index in [4.69, 9.17) is 4.74 Å². The molecule has 1 N–H and O–H groups in total. The highest BCUT2D eigenvalue weighted by Gasteiger charge is 2.33. The lowest BCUT2D eigenvalue weighted by Gasteiger charge is -2.37. The van der Waals surface area contributed by atoms with Gasteiger partial charge in [0.2, 0.25) is 5.91 Å². The van der Waals surface area contributed by atoms with E-state index in [0.29, 0.717) is 12.6 Å². The van der Waals surface area contributed by atoms with Gasteiger partial charge < -0.3 is 10.1 Å². The minimum Gasteiger partial charge on any atom is -0.492 e. The number of likely N-dealkylation sites (tertiary alicyclic amines) is 2. The van der Waals surface area contributed by atoms with Crippen molar-refractivity contribution in [1.29, 1.82) is 0 Å². The molecular formula is C30H38N4O2. The molecule has 2 fully saturated rings. The zero-order valence-electron chi connectivity index (χ0n) is 21.3. The Morgan fingerprint density at radius 3 is 2.83 bits per heavy atom. The van der Waals surface area contributed by atoms with Gasteiger partial charge >= 0.3 is 0 Å². The van der Waals surface area contributed by atoms with Crippen LogP contribution in [0.5, 0.6) is 5.75 Å². The van der Waals surface area contributed by atoms with Crippen LogP contribution in [0.15, 0.2) is 67.0 Å². The Hall–Kier alpha value is -2.96. The zero-order chi connectivity index (χ0) is 24.7. The molecule has 2 aromatic carbocycles. The summed E-state index contributed by atoms with van der Waals surface area (Å²) in [5, 5.41) is 5.82. The lowest BCUT2D eigenvalue weighted by atomic mass is 9.88. The lowest BCUT2D eigenvalue weighted by Crippen LogP contribution is -2.49. The number of nitrogens with one attached hydrogen (secondary N) is 1. The third-order valence-corrected chi connectivity index (χ3v) is 7.74. The van der Waals surface area contributed by atoms with Crippen molar-refractivity contribution in [3.05, 3.63) is 72.6 Å². The van der Waals surface area contributed by atoms with Crippen LogP contribution in [0.1, 0.15) is 31.7 Å². The summed E-state index contributed by atoms with van der Waals surface area (Å²) in [7, 11) is 0. The van der Waals surface area contributed by atoms with Crippen LogP contribution in [-0.2, 0) is 11.3 Å². The number of carbonyl (C=O) groups is 1. The molecule has 190 valence electrons. The molecular weight excluding hydrogens is 448 g/mol. The summed E-state index contributed by atoms with van der Waals surface area (Å²) in [6.45, 7) is 8.29. The topological polar surface area (TPSA) is 57.7 Å². The fourth-order valence-corrected chi connectivity index (χ4v) is 5.89. The van der Waals surface area contributed by atoms with E-state index < -0.39 is 0 Å². The van der Waals surface area contributed by atoms with Crippen molar-refractivity contribution in [3.63, 3.8) is 0 Å². The summed E-state index contributed by atoms with van der Waals surface area (Å²) < 4.78 is 6.07. The average molecular weight is 487 g/mol. The van der Waals surface area contributed by atoms with Gasteiger partial charge in [-0.25, -0.2) is 0 Å². The van der Waals surface area contributed by atoms with Gasteiger partial charge in [0.25, 0.3) is 0 Å². The predicted octanol–water partition coefficient (Wildman–Crippen LogP) is 4.35. The third-order valence-electron chi connectivity index (χ3n) is 7.74. The number of nitrogens with zero attached hydrogens (tertiary/aromatic N) is 3. The van der Waals surface area contributed by atoms with Crippen molar-refractivity contribution in [2.75, 3.05) is 39.3 Å².